The first-order valence-corrected chi connectivity index (χ1v) is 11.2. The molecule has 3 heterocycles. The lowest BCUT2D eigenvalue weighted by molar-refractivity contribution is 0.195. The molecule has 0 spiro atoms. The van der Waals surface area contributed by atoms with Crippen molar-refractivity contribution in [2.75, 3.05) is 65.3 Å². The Hall–Kier alpha value is -3.10. The molecule has 8 heteroatoms. The maximum Gasteiger partial charge on any atom is 0.134 e. The van der Waals surface area contributed by atoms with Crippen molar-refractivity contribution in [3.05, 3.63) is 36.0 Å². The molecular formula is C25H33N5O3. The van der Waals surface area contributed by atoms with E-state index in [0.29, 0.717) is 12.6 Å². The molecule has 33 heavy (non-hydrogen) atoms. The van der Waals surface area contributed by atoms with Gasteiger partial charge in [0.1, 0.15) is 23.1 Å². The number of fused-ring (bicyclic) bond motifs is 1. The molecule has 2 N–H and O–H groups in total. The number of pyridine rings is 2. The lowest BCUT2D eigenvalue weighted by Gasteiger charge is -2.17. The summed E-state index contributed by atoms with van der Waals surface area (Å²) in [7, 11) is 7.45. The van der Waals surface area contributed by atoms with Crippen molar-refractivity contribution in [2.45, 2.75) is 19.4 Å². The van der Waals surface area contributed by atoms with Crippen LogP contribution in [-0.2, 0) is 4.74 Å². The molecule has 1 saturated heterocycles. The van der Waals surface area contributed by atoms with E-state index < -0.39 is 0 Å². The summed E-state index contributed by atoms with van der Waals surface area (Å²) in [5.74, 6) is 3.17. The standard InChI is InChI=1S/C25H33N5O3/c1-16-20(11-19(31-4)12-23(16)32-5)22-10-17-14-27-24(28-18-6-9-33-15-18)13-21(17)25(29-22)26-7-8-30(2)3/h10-14,18H,6-9,15H2,1-5H3,(H,26,29)(H,27,28). The first kappa shape index (κ1) is 23.1. The minimum absolute atomic E-state index is 0.291. The van der Waals surface area contributed by atoms with Crippen LogP contribution in [0.25, 0.3) is 22.0 Å². The molecule has 1 fully saturated rings. The number of ether oxygens (including phenoxy) is 3. The maximum atomic E-state index is 5.58. The summed E-state index contributed by atoms with van der Waals surface area (Å²) in [6.45, 7) is 5.21. The number of hydrogen-bond acceptors (Lipinski definition) is 8. The zero-order valence-corrected chi connectivity index (χ0v) is 20.1. The fourth-order valence-electron chi connectivity index (χ4n) is 4.01. The van der Waals surface area contributed by atoms with Gasteiger partial charge in [-0.1, -0.05) is 0 Å². The number of anilines is 2. The first-order chi connectivity index (χ1) is 16.0. The predicted octanol–water partition coefficient (Wildman–Crippen LogP) is 3.80. The zero-order valence-electron chi connectivity index (χ0n) is 20.1. The molecule has 0 bridgehead atoms. The van der Waals surface area contributed by atoms with Gasteiger partial charge in [0, 0.05) is 53.9 Å². The highest BCUT2D eigenvalue weighted by Gasteiger charge is 2.18. The van der Waals surface area contributed by atoms with Crippen molar-refractivity contribution in [3.63, 3.8) is 0 Å². The molecule has 1 aliphatic rings. The van der Waals surface area contributed by atoms with Gasteiger partial charge < -0.3 is 29.7 Å². The van der Waals surface area contributed by atoms with Crippen molar-refractivity contribution in [3.8, 4) is 22.8 Å². The van der Waals surface area contributed by atoms with Crippen LogP contribution < -0.4 is 20.1 Å². The average molecular weight is 452 g/mol. The van der Waals surface area contributed by atoms with Crippen molar-refractivity contribution in [1.82, 2.24) is 14.9 Å². The van der Waals surface area contributed by atoms with Crippen molar-refractivity contribution in [2.24, 2.45) is 0 Å². The van der Waals surface area contributed by atoms with Crippen LogP contribution in [0.5, 0.6) is 11.5 Å². The Bertz CT molecular complexity index is 1110. The minimum atomic E-state index is 0.291. The number of rotatable bonds is 9. The van der Waals surface area contributed by atoms with Crippen LogP contribution in [0.3, 0.4) is 0 Å². The molecule has 1 aromatic carbocycles. The molecule has 1 aliphatic heterocycles. The summed E-state index contributed by atoms with van der Waals surface area (Å²) >= 11 is 0. The number of aromatic nitrogens is 2. The van der Waals surface area contributed by atoms with Gasteiger partial charge >= 0.3 is 0 Å². The van der Waals surface area contributed by atoms with E-state index in [1.807, 2.05) is 25.3 Å². The minimum Gasteiger partial charge on any atom is -0.497 e. The zero-order chi connectivity index (χ0) is 23.4. The van der Waals surface area contributed by atoms with E-state index >= 15 is 0 Å². The SMILES string of the molecule is COc1cc(OC)c(C)c(-c2cc3cnc(NC4CCOC4)cc3c(NCCN(C)C)n2)c1. The lowest BCUT2D eigenvalue weighted by atomic mass is 10.0. The van der Waals surface area contributed by atoms with E-state index in [0.717, 1.165) is 76.8 Å². The van der Waals surface area contributed by atoms with Crippen molar-refractivity contribution < 1.29 is 14.2 Å². The molecule has 0 aliphatic carbocycles. The Morgan fingerprint density at radius 3 is 2.70 bits per heavy atom. The van der Waals surface area contributed by atoms with Gasteiger partial charge in [-0.25, -0.2) is 9.97 Å². The summed E-state index contributed by atoms with van der Waals surface area (Å²) in [5.41, 5.74) is 2.82. The first-order valence-electron chi connectivity index (χ1n) is 11.2. The van der Waals surface area contributed by atoms with Crippen LogP contribution in [0.2, 0.25) is 0 Å². The Morgan fingerprint density at radius 2 is 2.00 bits per heavy atom. The summed E-state index contributed by atoms with van der Waals surface area (Å²) in [4.78, 5) is 11.8. The fraction of sp³-hybridized carbons (Fsp3) is 0.440. The monoisotopic (exact) mass is 451 g/mol. The van der Waals surface area contributed by atoms with Crippen molar-refractivity contribution in [1.29, 1.82) is 0 Å². The van der Waals surface area contributed by atoms with E-state index in [9.17, 15) is 0 Å². The molecule has 8 nitrogen and oxygen atoms in total. The van der Waals surface area contributed by atoms with Crippen LogP contribution in [0.1, 0.15) is 12.0 Å². The second-order valence-electron chi connectivity index (χ2n) is 8.58. The van der Waals surface area contributed by atoms with Gasteiger partial charge in [0.25, 0.3) is 0 Å². The molecule has 3 aromatic rings. The smallest absolute Gasteiger partial charge is 0.134 e. The molecule has 1 unspecified atom stereocenters. The van der Waals surface area contributed by atoms with Gasteiger partial charge in [-0.05, 0) is 45.6 Å². The Balaban J connectivity index is 1.78. The molecule has 2 aromatic heterocycles. The molecule has 0 radical (unpaired) electrons. The van der Waals surface area contributed by atoms with Crippen LogP contribution >= 0.6 is 0 Å². The van der Waals surface area contributed by atoms with Gasteiger partial charge in [0.05, 0.1) is 32.6 Å². The molecule has 1 atom stereocenters. The van der Waals surface area contributed by atoms with Crippen LogP contribution in [0.4, 0.5) is 11.6 Å². The second-order valence-corrected chi connectivity index (χ2v) is 8.58. The quantitative estimate of drug-likeness (QED) is 0.509. The second kappa shape index (κ2) is 10.2. The number of methoxy groups -OCH3 is 2. The molecule has 0 amide bonds. The third kappa shape index (κ3) is 5.29. The Kier molecular flexibility index (Phi) is 7.15. The van der Waals surface area contributed by atoms with Crippen LogP contribution in [-0.4, -0.2) is 75.5 Å². The summed E-state index contributed by atoms with van der Waals surface area (Å²) in [6.07, 6.45) is 2.89. The molecule has 0 saturated carbocycles. The predicted molar refractivity (Wildman–Crippen MR) is 133 cm³/mol. The van der Waals surface area contributed by atoms with Crippen LogP contribution in [0.15, 0.2) is 30.5 Å². The third-order valence-corrected chi connectivity index (χ3v) is 5.91. The number of benzene rings is 1. The van der Waals surface area contributed by atoms with Gasteiger partial charge in [-0.2, -0.15) is 0 Å². The van der Waals surface area contributed by atoms with E-state index in [2.05, 4.69) is 46.7 Å². The highest BCUT2D eigenvalue weighted by molar-refractivity contribution is 5.96. The van der Waals surface area contributed by atoms with E-state index in [1.165, 1.54) is 0 Å². The Morgan fingerprint density at radius 1 is 1.15 bits per heavy atom. The normalized spacial score (nSPS) is 15.8. The lowest BCUT2D eigenvalue weighted by Crippen LogP contribution is -2.21. The number of nitrogens with zero attached hydrogens (tertiary/aromatic N) is 3. The largest absolute Gasteiger partial charge is 0.497 e. The van der Waals surface area contributed by atoms with E-state index in [-0.39, 0.29) is 0 Å². The highest BCUT2D eigenvalue weighted by atomic mass is 16.5. The topological polar surface area (TPSA) is 80.8 Å². The fourth-order valence-corrected chi connectivity index (χ4v) is 4.01. The van der Waals surface area contributed by atoms with Crippen molar-refractivity contribution >= 4 is 22.4 Å². The van der Waals surface area contributed by atoms with Gasteiger partial charge in [0.2, 0.25) is 0 Å². The number of hydrogen-bond donors (Lipinski definition) is 2. The van der Waals surface area contributed by atoms with Crippen LogP contribution in [0, 0.1) is 6.92 Å². The third-order valence-electron chi connectivity index (χ3n) is 5.91. The molecular weight excluding hydrogens is 418 g/mol. The summed E-state index contributed by atoms with van der Waals surface area (Å²) in [5, 5.41) is 9.06. The number of nitrogens with one attached hydrogen (secondary N) is 2. The van der Waals surface area contributed by atoms with E-state index in [1.54, 1.807) is 14.2 Å². The molecule has 176 valence electrons. The Labute approximate surface area is 195 Å². The average Bonchev–Trinajstić information content (AvgIpc) is 3.32. The van der Waals surface area contributed by atoms with Gasteiger partial charge in [0.15, 0.2) is 0 Å². The summed E-state index contributed by atoms with van der Waals surface area (Å²) < 4.78 is 16.6. The highest BCUT2D eigenvalue weighted by Crippen LogP contribution is 2.36. The van der Waals surface area contributed by atoms with E-state index in [4.69, 9.17) is 19.2 Å². The summed E-state index contributed by atoms with van der Waals surface area (Å²) in [6, 6.07) is 8.32. The maximum absolute atomic E-state index is 5.58. The molecule has 4 rings (SSSR count). The van der Waals surface area contributed by atoms with Gasteiger partial charge in [-0.15, -0.1) is 0 Å². The number of likely N-dealkylation sites (N-methyl/N-ethyl adjacent to an activating group) is 1. The van der Waals surface area contributed by atoms with Gasteiger partial charge in [-0.3, -0.25) is 0 Å².